The summed E-state index contributed by atoms with van der Waals surface area (Å²) < 4.78 is 4.34. The number of hydrogen-bond donors (Lipinski definition) is 2. The van der Waals surface area contributed by atoms with Crippen molar-refractivity contribution in [2.24, 2.45) is 0 Å². The molecule has 0 aliphatic heterocycles. The summed E-state index contributed by atoms with van der Waals surface area (Å²) in [6.07, 6.45) is -0.118. The van der Waals surface area contributed by atoms with Gasteiger partial charge in [0.2, 0.25) is 0 Å². The van der Waals surface area contributed by atoms with E-state index in [4.69, 9.17) is 5.11 Å². The molecule has 0 fully saturated rings. The first kappa shape index (κ1) is 11.1. The van der Waals surface area contributed by atoms with Gasteiger partial charge in [-0.15, -0.1) is 4.99 Å². The zero-order valence-corrected chi connectivity index (χ0v) is 5.68. The number of aliphatic hydroxyl groups excluding tert-OH is 1. The second-order valence-corrected chi connectivity index (χ2v) is 0.994. The normalized spacial score (nSPS) is 8.56. The molecule has 5 heteroatoms. The highest BCUT2D eigenvalue weighted by molar-refractivity contribution is 5.59. The predicted molar refractivity (Wildman–Crippen MR) is 26.7 cm³/mol. The maximum absolute atomic E-state index is 10.1. The summed E-state index contributed by atoms with van der Waals surface area (Å²) in [4.78, 5) is 12.0. The maximum Gasteiger partial charge on any atom is 0.597 e. The van der Waals surface area contributed by atoms with Crippen LogP contribution in [0.5, 0.6) is 0 Å². The Kier molecular flexibility index (Phi) is 8.90. The monoisotopic (exact) mass is 153 g/mol. The lowest BCUT2D eigenvalue weighted by molar-refractivity contribution is -0.371. The summed E-state index contributed by atoms with van der Waals surface area (Å²) in [6, 6.07) is 0. The first-order valence-corrected chi connectivity index (χ1v) is 2.20. The third kappa shape index (κ3) is 7.23. The summed E-state index contributed by atoms with van der Waals surface area (Å²) in [7, 11) is 0. The number of hydrogen-bond acceptors (Lipinski definition) is 2. The van der Waals surface area contributed by atoms with Crippen LogP contribution >= 0.6 is 0 Å². The molecule has 0 radical (unpaired) electrons. The van der Waals surface area contributed by atoms with Crippen LogP contribution in [0.25, 0.3) is 0 Å². The topological polar surface area (TPSA) is 60.5 Å². The van der Waals surface area contributed by atoms with Crippen LogP contribution in [-0.2, 0) is 4.74 Å². The summed E-state index contributed by atoms with van der Waals surface area (Å²) in [5, 5.41) is 7.93. The zero-order valence-electron chi connectivity index (χ0n) is 4.93. The Balaban J connectivity index is 0. The van der Waals surface area contributed by atoms with Crippen molar-refractivity contribution < 1.29 is 32.0 Å². The number of nitrogens with one attached hydrogen (secondary N) is 1. The van der Waals surface area contributed by atoms with E-state index in [1.165, 1.54) is 0 Å². The Morgan fingerprint density at radius 1 is 1.89 bits per heavy atom. The third-order valence-corrected chi connectivity index (χ3v) is 0.458. The molecule has 0 heterocycles. The van der Waals surface area contributed by atoms with Crippen molar-refractivity contribution in [1.29, 1.82) is 0 Å². The minimum Gasteiger partial charge on any atom is -1.00 e. The highest BCUT2D eigenvalue weighted by atomic mass is 35.5. The molecule has 1 amide bonds. The summed E-state index contributed by atoms with van der Waals surface area (Å²) >= 11 is 0. The number of amides is 1. The fraction of sp³-hybridized carbons (Fsp3) is 0.500. The van der Waals surface area contributed by atoms with Crippen molar-refractivity contribution in [2.75, 3.05) is 6.61 Å². The van der Waals surface area contributed by atoms with Crippen molar-refractivity contribution in [1.82, 2.24) is 0 Å². The summed E-state index contributed by atoms with van der Waals surface area (Å²) in [5.74, 6) is 0. The molecular weight excluding hydrogens is 146 g/mol. The van der Waals surface area contributed by atoms with Gasteiger partial charge in [0, 0.05) is 0 Å². The minimum absolute atomic E-state index is 0. The SMILES string of the molecule is CCOC(=O)/[NH+]=C/O.[Cl-]. The molecule has 0 aromatic heterocycles. The van der Waals surface area contributed by atoms with Gasteiger partial charge in [-0.2, -0.15) is 4.79 Å². The van der Waals surface area contributed by atoms with Crippen LogP contribution in [0.3, 0.4) is 0 Å². The van der Waals surface area contributed by atoms with Crippen LogP contribution in [0.1, 0.15) is 6.92 Å². The second kappa shape index (κ2) is 7.23. The molecule has 54 valence electrons. The number of ether oxygens (including phenoxy) is 1. The van der Waals surface area contributed by atoms with Gasteiger partial charge in [0.25, 0.3) is 0 Å². The van der Waals surface area contributed by atoms with E-state index in [2.05, 4.69) is 4.74 Å². The quantitative estimate of drug-likeness (QED) is 0.297. The fourth-order valence-electron chi connectivity index (χ4n) is 0.225. The number of carbonyl (C=O) groups excluding carboxylic acids is 1. The van der Waals surface area contributed by atoms with Gasteiger partial charge in [-0.25, -0.2) is 0 Å². The average molecular weight is 154 g/mol. The molecule has 0 aromatic carbocycles. The zero-order chi connectivity index (χ0) is 6.41. The molecule has 0 aromatic rings. The van der Waals surface area contributed by atoms with Crippen LogP contribution in [0.15, 0.2) is 0 Å². The first-order chi connectivity index (χ1) is 3.81. The lowest BCUT2D eigenvalue weighted by atomic mass is 10.9. The van der Waals surface area contributed by atoms with E-state index in [1.54, 1.807) is 6.92 Å². The van der Waals surface area contributed by atoms with Gasteiger partial charge in [0.1, 0.15) is 0 Å². The maximum atomic E-state index is 10.1. The lowest BCUT2D eigenvalue weighted by Crippen LogP contribution is -3.00. The van der Waals surface area contributed by atoms with Gasteiger partial charge in [-0.05, 0) is 6.92 Å². The molecule has 0 spiro atoms. The van der Waals surface area contributed by atoms with E-state index in [-0.39, 0.29) is 12.4 Å². The van der Waals surface area contributed by atoms with Gasteiger partial charge in [-0.1, -0.05) is 0 Å². The van der Waals surface area contributed by atoms with E-state index >= 15 is 0 Å². The van der Waals surface area contributed by atoms with Crippen LogP contribution < -0.4 is 17.4 Å². The number of carbonyl (C=O) groups is 1. The fourth-order valence-corrected chi connectivity index (χ4v) is 0.225. The highest BCUT2D eigenvalue weighted by Crippen LogP contribution is 1.64. The standard InChI is InChI=1S/C4H7NO3.ClH/c1-2-8-4(7)5-3-6;/h3H,2H2,1H3,(H,5,6,7);1H. The van der Waals surface area contributed by atoms with E-state index in [0.717, 1.165) is 0 Å². The molecule has 0 aliphatic carbocycles. The molecule has 0 saturated heterocycles. The molecule has 0 aliphatic rings. The summed E-state index contributed by atoms with van der Waals surface area (Å²) in [5.41, 5.74) is 0. The van der Waals surface area contributed by atoms with Crippen molar-refractivity contribution in [3.05, 3.63) is 0 Å². The minimum atomic E-state index is -0.644. The lowest BCUT2D eigenvalue weighted by Gasteiger charge is -1.84. The predicted octanol–water partition coefficient (Wildman–Crippen LogP) is -4.19. The Labute approximate surface area is 59.0 Å². The summed E-state index contributed by atoms with van der Waals surface area (Å²) in [6.45, 7) is 1.98. The van der Waals surface area contributed by atoms with E-state index in [1.807, 2.05) is 4.99 Å². The van der Waals surface area contributed by atoms with Crippen molar-refractivity contribution in [2.45, 2.75) is 6.92 Å². The van der Waals surface area contributed by atoms with E-state index in [0.29, 0.717) is 13.0 Å². The van der Waals surface area contributed by atoms with Gasteiger partial charge < -0.3 is 22.3 Å². The Morgan fingerprint density at radius 3 is 2.78 bits per heavy atom. The number of rotatable bonds is 1. The third-order valence-electron chi connectivity index (χ3n) is 0.458. The smallest absolute Gasteiger partial charge is 0.597 e. The first-order valence-electron chi connectivity index (χ1n) is 2.20. The molecule has 0 unspecified atom stereocenters. The van der Waals surface area contributed by atoms with Gasteiger partial charge in [-0.3, -0.25) is 0 Å². The van der Waals surface area contributed by atoms with Gasteiger partial charge in [0.15, 0.2) is 0 Å². The second-order valence-electron chi connectivity index (χ2n) is 0.994. The van der Waals surface area contributed by atoms with Crippen LogP contribution in [0.2, 0.25) is 0 Å². The molecule has 9 heavy (non-hydrogen) atoms. The van der Waals surface area contributed by atoms with E-state index < -0.39 is 6.09 Å². The van der Waals surface area contributed by atoms with Crippen LogP contribution in [0.4, 0.5) is 4.79 Å². The van der Waals surface area contributed by atoms with Crippen LogP contribution in [-0.4, -0.2) is 24.2 Å². The Bertz CT molecular complexity index is 104. The number of halogens is 1. The Morgan fingerprint density at radius 2 is 2.44 bits per heavy atom. The van der Waals surface area contributed by atoms with Gasteiger partial charge in [0.05, 0.1) is 6.61 Å². The van der Waals surface area contributed by atoms with Crippen molar-refractivity contribution in [3.63, 3.8) is 0 Å². The highest BCUT2D eigenvalue weighted by Gasteiger charge is 2.00. The largest absolute Gasteiger partial charge is 1.00 e. The van der Waals surface area contributed by atoms with Crippen LogP contribution in [0, 0.1) is 0 Å². The molecule has 0 atom stereocenters. The average Bonchev–Trinajstić information content (AvgIpc) is 1.68. The molecular formula is C4H8ClNO3. The van der Waals surface area contributed by atoms with Crippen molar-refractivity contribution in [3.8, 4) is 0 Å². The number of aliphatic hydroxyl groups is 1. The molecule has 0 saturated carbocycles. The molecule has 2 N–H and O–H groups in total. The van der Waals surface area contributed by atoms with Crippen molar-refractivity contribution >= 4 is 12.5 Å². The molecule has 0 rings (SSSR count). The molecule has 4 nitrogen and oxygen atoms in total. The molecule has 0 bridgehead atoms. The van der Waals surface area contributed by atoms with Gasteiger partial charge >= 0.3 is 12.5 Å². The van der Waals surface area contributed by atoms with E-state index in [9.17, 15) is 4.79 Å². The Hall–Kier alpha value is -0.770.